The molecule has 11 heavy (non-hydrogen) atoms. The molecule has 0 aliphatic carbocycles. The molecule has 0 saturated heterocycles. The minimum atomic E-state index is -0.319. The highest BCUT2D eigenvalue weighted by atomic mass is 16.1. The van der Waals surface area contributed by atoms with Gasteiger partial charge in [0, 0.05) is 25.9 Å². The third-order valence-electron chi connectivity index (χ3n) is 1.20. The van der Waals surface area contributed by atoms with Gasteiger partial charge in [0.05, 0.1) is 0 Å². The SMILES string of the molecule is CC(=O)CCNCCC(N)=O. The van der Waals surface area contributed by atoms with Crippen LogP contribution in [0, 0.1) is 0 Å². The highest BCUT2D eigenvalue weighted by Crippen LogP contribution is 1.78. The van der Waals surface area contributed by atoms with Gasteiger partial charge in [0.1, 0.15) is 5.78 Å². The van der Waals surface area contributed by atoms with Gasteiger partial charge in [0.25, 0.3) is 0 Å². The van der Waals surface area contributed by atoms with E-state index < -0.39 is 0 Å². The molecule has 0 aromatic heterocycles. The molecule has 0 saturated carbocycles. The number of Topliss-reactive ketones (excluding diaryl/α,β-unsaturated/α-hetero) is 1. The second-order valence-electron chi connectivity index (χ2n) is 2.42. The number of hydrogen-bond donors (Lipinski definition) is 2. The predicted octanol–water partition coefficient (Wildman–Crippen LogP) is -0.569. The number of amides is 1. The Balaban J connectivity index is 3.03. The lowest BCUT2D eigenvalue weighted by molar-refractivity contribution is -0.118. The van der Waals surface area contributed by atoms with Crippen LogP contribution >= 0.6 is 0 Å². The molecule has 4 heteroatoms. The Morgan fingerprint density at radius 1 is 1.27 bits per heavy atom. The van der Waals surface area contributed by atoms with E-state index in [1.165, 1.54) is 6.92 Å². The summed E-state index contributed by atoms with van der Waals surface area (Å²) < 4.78 is 0. The van der Waals surface area contributed by atoms with E-state index in [4.69, 9.17) is 5.73 Å². The van der Waals surface area contributed by atoms with E-state index >= 15 is 0 Å². The van der Waals surface area contributed by atoms with E-state index in [1.807, 2.05) is 0 Å². The molecule has 0 aromatic carbocycles. The van der Waals surface area contributed by atoms with Crippen LogP contribution in [0.1, 0.15) is 19.8 Å². The molecule has 0 spiro atoms. The lowest BCUT2D eigenvalue weighted by Gasteiger charge is -1.99. The van der Waals surface area contributed by atoms with Crippen LogP contribution in [0.4, 0.5) is 0 Å². The first-order chi connectivity index (χ1) is 5.13. The van der Waals surface area contributed by atoms with E-state index in [-0.39, 0.29) is 11.7 Å². The van der Waals surface area contributed by atoms with Crippen molar-refractivity contribution in [1.82, 2.24) is 5.32 Å². The van der Waals surface area contributed by atoms with Gasteiger partial charge >= 0.3 is 0 Å². The first kappa shape index (κ1) is 10.1. The molecule has 4 nitrogen and oxygen atoms in total. The maximum atomic E-state index is 10.4. The minimum absolute atomic E-state index is 0.150. The Labute approximate surface area is 66.1 Å². The average molecular weight is 158 g/mol. The van der Waals surface area contributed by atoms with Gasteiger partial charge in [-0.1, -0.05) is 0 Å². The zero-order valence-electron chi connectivity index (χ0n) is 6.72. The van der Waals surface area contributed by atoms with Crippen LogP contribution in [0.2, 0.25) is 0 Å². The molecule has 0 heterocycles. The van der Waals surface area contributed by atoms with Gasteiger partial charge in [0.2, 0.25) is 5.91 Å². The number of nitrogens with two attached hydrogens (primary N) is 1. The lowest BCUT2D eigenvalue weighted by atomic mass is 10.3. The number of nitrogens with one attached hydrogen (secondary N) is 1. The zero-order chi connectivity index (χ0) is 8.69. The number of ketones is 1. The molecule has 0 aliphatic rings. The van der Waals surface area contributed by atoms with Crippen molar-refractivity contribution < 1.29 is 9.59 Å². The van der Waals surface area contributed by atoms with Crippen LogP contribution in [-0.2, 0) is 9.59 Å². The summed E-state index contributed by atoms with van der Waals surface area (Å²) in [6.07, 6.45) is 0.844. The molecule has 0 bridgehead atoms. The van der Waals surface area contributed by atoms with Crippen molar-refractivity contribution in [3.05, 3.63) is 0 Å². The van der Waals surface area contributed by atoms with Crippen LogP contribution in [0.15, 0.2) is 0 Å². The fourth-order valence-electron chi connectivity index (χ4n) is 0.601. The fraction of sp³-hybridized carbons (Fsp3) is 0.714. The Morgan fingerprint density at radius 3 is 2.27 bits per heavy atom. The Bertz CT molecular complexity index is 129. The van der Waals surface area contributed by atoms with Gasteiger partial charge in [0.15, 0.2) is 0 Å². The largest absolute Gasteiger partial charge is 0.370 e. The summed E-state index contributed by atoms with van der Waals surface area (Å²) in [7, 11) is 0. The molecule has 0 aliphatic heterocycles. The van der Waals surface area contributed by atoms with Crippen molar-refractivity contribution in [2.45, 2.75) is 19.8 Å². The summed E-state index contributed by atoms with van der Waals surface area (Å²) in [6, 6.07) is 0. The summed E-state index contributed by atoms with van der Waals surface area (Å²) in [6.45, 7) is 2.72. The summed E-state index contributed by atoms with van der Waals surface area (Å²) in [4.78, 5) is 20.6. The summed E-state index contributed by atoms with van der Waals surface area (Å²) in [5.41, 5.74) is 4.89. The van der Waals surface area contributed by atoms with E-state index in [9.17, 15) is 9.59 Å². The quantitative estimate of drug-likeness (QED) is 0.508. The first-order valence-electron chi connectivity index (χ1n) is 3.61. The molecule has 0 radical (unpaired) electrons. The maximum absolute atomic E-state index is 10.4. The zero-order valence-corrected chi connectivity index (χ0v) is 6.72. The van der Waals surface area contributed by atoms with Gasteiger partial charge in [-0.3, -0.25) is 9.59 Å². The Kier molecular flexibility index (Phi) is 5.37. The number of hydrogen-bond acceptors (Lipinski definition) is 3. The average Bonchev–Trinajstić information content (AvgIpc) is 1.85. The second kappa shape index (κ2) is 5.85. The summed E-state index contributed by atoms with van der Waals surface area (Å²) >= 11 is 0. The van der Waals surface area contributed by atoms with Crippen LogP contribution in [0.3, 0.4) is 0 Å². The van der Waals surface area contributed by atoms with E-state index in [1.54, 1.807) is 0 Å². The molecule has 0 atom stereocenters. The predicted molar refractivity (Wildman–Crippen MR) is 42.0 cm³/mol. The molecule has 64 valence electrons. The van der Waals surface area contributed by atoms with Crippen molar-refractivity contribution in [2.24, 2.45) is 5.73 Å². The lowest BCUT2D eigenvalue weighted by Crippen LogP contribution is -2.23. The summed E-state index contributed by atoms with van der Waals surface area (Å²) in [5.74, 6) is -0.170. The number of carbonyl (C=O) groups is 2. The van der Waals surface area contributed by atoms with Gasteiger partial charge in [-0.25, -0.2) is 0 Å². The van der Waals surface area contributed by atoms with Crippen LogP contribution in [0.25, 0.3) is 0 Å². The monoisotopic (exact) mass is 158 g/mol. The van der Waals surface area contributed by atoms with Crippen molar-refractivity contribution in [2.75, 3.05) is 13.1 Å². The molecule has 0 rings (SSSR count). The van der Waals surface area contributed by atoms with Crippen molar-refractivity contribution in [3.8, 4) is 0 Å². The molecule has 0 unspecified atom stereocenters. The molecule has 3 N–H and O–H groups in total. The highest BCUT2D eigenvalue weighted by molar-refractivity contribution is 5.75. The van der Waals surface area contributed by atoms with Gasteiger partial charge < -0.3 is 11.1 Å². The van der Waals surface area contributed by atoms with Crippen LogP contribution < -0.4 is 11.1 Å². The van der Waals surface area contributed by atoms with Gasteiger partial charge in [-0.15, -0.1) is 0 Å². The standard InChI is InChI=1S/C7H14N2O2/c1-6(10)2-4-9-5-3-7(8)11/h9H,2-5H2,1H3,(H2,8,11). The third kappa shape index (κ3) is 9.10. The van der Waals surface area contributed by atoms with E-state index in [2.05, 4.69) is 5.32 Å². The van der Waals surface area contributed by atoms with Crippen molar-refractivity contribution in [1.29, 1.82) is 0 Å². The maximum Gasteiger partial charge on any atom is 0.218 e. The fourth-order valence-corrected chi connectivity index (χ4v) is 0.601. The van der Waals surface area contributed by atoms with Crippen LogP contribution in [-0.4, -0.2) is 24.8 Å². The number of rotatable bonds is 6. The number of carbonyl (C=O) groups excluding carboxylic acids is 2. The molecule has 1 amide bonds. The topological polar surface area (TPSA) is 72.2 Å². The van der Waals surface area contributed by atoms with Gasteiger partial charge in [-0.2, -0.15) is 0 Å². The first-order valence-corrected chi connectivity index (χ1v) is 3.61. The van der Waals surface area contributed by atoms with E-state index in [0.717, 1.165) is 0 Å². The molecular weight excluding hydrogens is 144 g/mol. The Morgan fingerprint density at radius 2 is 1.82 bits per heavy atom. The van der Waals surface area contributed by atoms with Crippen LogP contribution in [0.5, 0.6) is 0 Å². The minimum Gasteiger partial charge on any atom is -0.370 e. The third-order valence-corrected chi connectivity index (χ3v) is 1.20. The van der Waals surface area contributed by atoms with Crippen molar-refractivity contribution in [3.63, 3.8) is 0 Å². The highest BCUT2D eigenvalue weighted by Gasteiger charge is 1.94. The van der Waals surface area contributed by atoms with E-state index in [0.29, 0.717) is 25.9 Å². The number of primary amides is 1. The molecule has 0 fully saturated rings. The summed E-state index contributed by atoms with van der Waals surface area (Å²) in [5, 5.41) is 2.93. The van der Waals surface area contributed by atoms with Gasteiger partial charge in [-0.05, 0) is 6.92 Å². The smallest absolute Gasteiger partial charge is 0.218 e. The van der Waals surface area contributed by atoms with Crippen molar-refractivity contribution >= 4 is 11.7 Å². The normalized spacial score (nSPS) is 9.55. The Hall–Kier alpha value is -0.900. The molecular formula is C7H14N2O2. The molecule has 0 aromatic rings. The second-order valence-corrected chi connectivity index (χ2v) is 2.42.